The average Bonchev–Trinajstić information content (AvgIpc) is 2.84. The highest BCUT2D eigenvalue weighted by atomic mass is 19.4. The van der Waals surface area contributed by atoms with Crippen LogP contribution in [0.4, 0.5) is 110 Å². The van der Waals surface area contributed by atoms with E-state index >= 15 is 0 Å². The number of carbonyl (C=O) groups excluding carboxylic acids is 2. The van der Waals surface area contributed by atoms with E-state index in [-0.39, 0.29) is 6.92 Å². The Kier molecular flexibility index (Phi) is 12.2. The van der Waals surface area contributed by atoms with Crippen LogP contribution in [0.1, 0.15) is 13.3 Å². The molecular formula is C21H16F25NO4. The average molecular weight is 821 g/mol. The third-order valence-electron chi connectivity index (χ3n) is 6.44. The van der Waals surface area contributed by atoms with Crippen molar-refractivity contribution in [2.45, 2.75) is 90.8 Å². The Hall–Kier alpha value is -2.85. The van der Waals surface area contributed by atoms with Crippen molar-refractivity contribution in [2.24, 2.45) is 0 Å². The summed E-state index contributed by atoms with van der Waals surface area (Å²) in [6.07, 6.45) is -14.6. The van der Waals surface area contributed by atoms with Gasteiger partial charge < -0.3 is 19.1 Å². The molecule has 0 bridgehead atoms. The van der Waals surface area contributed by atoms with Gasteiger partial charge in [0.25, 0.3) is 0 Å². The number of ether oxygens (including phenoxy) is 1. The van der Waals surface area contributed by atoms with Gasteiger partial charge in [-0.3, -0.25) is 4.79 Å². The van der Waals surface area contributed by atoms with Gasteiger partial charge in [0.05, 0.1) is 26.5 Å². The summed E-state index contributed by atoms with van der Waals surface area (Å²) in [6.45, 7) is -2.68. The normalized spacial score (nSPS) is 16.6. The number of hydrogen-bond acceptors (Lipinski definition) is 4. The van der Waals surface area contributed by atoms with Crippen LogP contribution < -0.4 is 5.11 Å². The van der Waals surface area contributed by atoms with Gasteiger partial charge in [0.15, 0.2) is 6.10 Å². The first-order chi connectivity index (χ1) is 21.7. The number of carbonyl (C=O) groups is 2. The Balaban J connectivity index is 7.31. The highest BCUT2D eigenvalue weighted by molar-refractivity contribution is 5.66. The van der Waals surface area contributed by atoms with Gasteiger partial charge >= 0.3 is 77.3 Å². The van der Waals surface area contributed by atoms with Crippen LogP contribution in [-0.4, -0.2) is 121 Å². The van der Waals surface area contributed by atoms with Crippen LogP contribution in [0, 0.1) is 0 Å². The van der Waals surface area contributed by atoms with Crippen molar-refractivity contribution in [1.82, 2.24) is 0 Å². The fourth-order valence-electron chi connectivity index (χ4n) is 3.74. The van der Waals surface area contributed by atoms with Gasteiger partial charge in [-0.1, -0.05) is 0 Å². The fourth-order valence-corrected chi connectivity index (χ4v) is 3.74. The molecule has 0 aromatic heterocycles. The van der Waals surface area contributed by atoms with Gasteiger partial charge in [-0.25, -0.2) is 0 Å². The lowest BCUT2D eigenvalue weighted by molar-refractivity contribution is -0.887. The number of rotatable bonds is 17. The first kappa shape index (κ1) is 48.1. The van der Waals surface area contributed by atoms with Gasteiger partial charge in [-0.05, 0) is 0 Å². The number of esters is 1. The number of alkyl halides is 25. The number of hydrogen-bond donors (Lipinski definition) is 0. The van der Waals surface area contributed by atoms with Crippen LogP contribution in [0.3, 0.4) is 0 Å². The zero-order valence-electron chi connectivity index (χ0n) is 24.2. The van der Waals surface area contributed by atoms with Crippen LogP contribution in [0.2, 0.25) is 0 Å². The van der Waals surface area contributed by atoms with Crippen molar-refractivity contribution in [2.75, 3.05) is 27.2 Å². The lowest BCUT2D eigenvalue weighted by Gasteiger charge is -2.45. The molecule has 30 heteroatoms. The summed E-state index contributed by atoms with van der Waals surface area (Å²) in [6, 6.07) is 0. The molecule has 51 heavy (non-hydrogen) atoms. The third kappa shape index (κ3) is 7.25. The van der Waals surface area contributed by atoms with E-state index in [0.717, 1.165) is 0 Å². The molecule has 0 saturated heterocycles. The number of carboxylic acids is 1. The Labute approximate surface area is 264 Å². The second-order valence-corrected chi connectivity index (χ2v) is 11.0. The van der Waals surface area contributed by atoms with E-state index < -0.39 is 113 Å². The quantitative estimate of drug-likeness (QED) is 0.0934. The van der Waals surface area contributed by atoms with Crippen molar-refractivity contribution >= 4 is 11.9 Å². The molecule has 0 aliphatic rings. The molecule has 0 spiro atoms. The SMILES string of the molecule is CC(=O)OC(CC(F)(F)C(F)(F)C(F)(F)C(F)(F)C(F)(F)C(F)(F)C(F)(F)C(F)(F)C(F)(F)C(F)(F)C(F)(F)C(F)(F)F)C[N+](C)(C)CC(=O)[O-]. The number of aliphatic carboxylic acids is 1. The van der Waals surface area contributed by atoms with E-state index in [1.807, 2.05) is 0 Å². The summed E-state index contributed by atoms with van der Waals surface area (Å²) in [5.41, 5.74) is 0. The molecule has 0 amide bonds. The zero-order chi connectivity index (χ0) is 42.1. The van der Waals surface area contributed by atoms with Crippen molar-refractivity contribution in [3.05, 3.63) is 0 Å². The molecule has 304 valence electrons. The molecule has 0 saturated carbocycles. The fraction of sp³-hybridized carbons (Fsp3) is 0.905. The number of nitrogens with zero attached hydrogens (tertiary/aromatic N) is 1. The molecule has 0 aliphatic carbocycles. The summed E-state index contributed by atoms with van der Waals surface area (Å²) in [5.74, 6) is -104. The van der Waals surface area contributed by atoms with E-state index in [2.05, 4.69) is 4.74 Å². The Morgan fingerprint density at radius 1 is 0.510 bits per heavy atom. The largest absolute Gasteiger partial charge is 0.544 e. The van der Waals surface area contributed by atoms with Gasteiger partial charge in [0.1, 0.15) is 13.1 Å². The molecule has 0 fully saturated rings. The number of carboxylic acid groups (broad SMARTS) is 1. The minimum Gasteiger partial charge on any atom is -0.544 e. The first-order valence-corrected chi connectivity index (χ1v) is 12.1. The maximum absolute atomic E-state index is 14.4. The van der Waals surface area contributed by atoms with Gasteiger partial charge in [-0.2, -0.15) is 110 Å². The molecule has 1 atom stereocenters. The van der Waals surface area contributed by atoms with Crippen LogP contribution in [-0.2, 0) is 14.3 Å². The molecular weight excluding hydrogens is 805 g/mol. The maximum atomic E-state index is 14.4. The van der Waals surface area contributed by atoms with Gasteiger partial charge in [-0.15, -0.1) is 0 Å². The molecule has 0 aromatic carbocycles. The van der Waals surface area contributed by atoms with Crippen LogP contribution in [0.25, 0.3) is 0 Å². The summed E-state index contributed by atoms with van der Waals surface area (Å²) < 4.78 is 343. The molecule has 0 N–H and O–H groups in total. The lowest BCUT2D eigenvalue weighted by atomic mass is 9.84. The maximum Gasteiger partial charge on any atom is 0.460 e. The summed E-state index contributed by atoms with van der Waals surface area (Å²) in [4.78, 5) is 21.9. The molecule has 1 unspecified atom stereocenters. The molecule has 0 heterocycles. The first-order valence-electron chi connectivity index (χ1n) is 12.1. The monoisotopic (exact) mass is 821 g/mol. The lowest BCUT2D eigenvalue weighted by Crippen LogP contribution is -2.78. The van der Waals surface area contributed by atoms with Gasteiger partial charge in [0.2, 0.25) is 0 Å². The van der Waals surface area contributed by atoms with E-state index in [0.29, 0.717) is 14.1 Å². The minimum absolute atomic E-state index is 0.229. The number of halogens is 25. The number of quaternary nitrogens is 1. The Morgan fingerprint density at radius 3 is 1.00 bits per heavy atom. The summed E-state index contributed by atoms with van der Waals surface area (Å²) in [7, 11) is 1.29. The highest BCUT2D eigenvalue weighted by Crippen LogP contribution is 2.68. The second kappa shape index (κ2) is 12.9. The van der Waals surface area contributed by atoms with E-state index in [1.165, 1.54) is 0 Å². The Bertz CT molecular complexity index is 1290. The molecule has 0 radical (unpaired) electrons. The second-order valence-electron chi connectivity index (χ2n) is 11.0. The molecule has 0 aliphatic heterocycles. The Morgan fingerprint density at radius 2 is 0.765 bits per heavy atom. The predicted molar refractivity (Wildman–Crippen MR) is 107 cm³/mol. The van der Waals surface area contributed by atoms with E-state index in [1.54, 1.807) is 0 Å². The highest BCUT2D eigenvalue weighted by Gasteiger charge is 2.99. The van der Waals surface area contributed by atoms with Crippen LogP contribution in [0.5, 0.6) is 0 Å². The van der Waals surface area contributed by atoms with Crippen LogP contribution in [0.15, 0.2) is 0 Å². The van der Waals surface area contributed by atoms with Crippen molar-refractivity contribution in [3.8, 4) is 0 Å². The van der Waals surface area contributed by atoms with Crippen molar-refractivity contribution in [1.29, 1.82) is 0 Å². The molecule has 0 rings (SSSR count). The molecule has 0 aromatic rings. The van der Waals surface area contributed by atoms with Crippen LogP contribution >= 0.6 is 0 Å². The molecule has 5 nitrogen and oxygen atoms in total. The van der Waals surface area contributed by atoms with E-state index in [4.69, 9.17) is 0 Å². The minimum atomic E-state index is -9.70. The van der Waals surface area contributed by atoms with E-state index in [9.17, 15) is 124 Å². The zero-order valence-corrected chi connectivity index (χ0v) is 24.2. The smallest absolute Gasteiger partial charge is 0.460 e. The van der Waals surface area contributed by atoms with Gasteiger partial charge in [0, 0.05) is 6.92 Å². The summed E-state index contributed by atoms with van der Waals surface area (Å²) >= 11 is 0. The van der Waals surface area contributed by atoms with Crippen molar-refractivity contribution in [3.63, 3.8) is 0 Å². The number of likely N-dealkylation sites (N-methyl/N-ethyl adjacent to an activating group) is 1. The summed E-state index contributed by atoms with van der Waals surface area (Å²) in [5, 5.41) is 10.7. The predicted octanol–water partition coefficient (Wildman–Crippen LogP) is 6.69. The standard InChI is InChI=1S/C21H16F25NO4/c1-7(48)51-8(5-47(2,3)6-9(49)50)4-10(22,23)11(24,25)12(26,27)13(28,29)14(30,31)15(32,33)16(34,35)17(36,37)18(38,39)19(40,41)20(42,43)21(44,45)46/h8H,4-6H2,1-3H3. The van der Waals surface area contributed by atoms with Crippen molar-refractivity contribution < 1.29 is 134 Å². The third-order valence-corrected chi connectivity index (χ3v) is 6.44. The topological polar surface area (TPSA) is 66.4 Å².